The van der Waals surface area contributed by atoms with Crippen molar-refractivity contribution in [2.75, 3.05) is 24.3 Å². The van der Waals surface area contributed by atoms with Gasteiger partial charge < -0.3 is 14.6 Å². The maximum Gasteiger partial charge on any atom is 0.337 e. The van der Waals surface area contributed by atoms with Gasteiger partial charge in [-0.25, -0.2) is 4.79 Å². The van der Waals surface area contributed by atoms with Gasteiger partial charge in [-0.3, -0.25) is 10.1 Å². The minimum absolute atomic E-state index is 0.0240. The summed E-state index contributed by atoms with van der Waals surface area (Å²) in [5.74, 6) is -0.412. The summed E-state index contributed by atoms with van der Waals surface area (Å²) in [6.07, 6.45) is 0. The van der Waals surface area contributed by atoms with E-state index in [2.05, 4.69) is 20.5 Å². The van der Waals surface area contributed by atoms with Crippen molar-refractivity contribution in [1.82, 2.24) is 5.16 Å². The van der Waals surface area contributed by atoms with Crippen molar-refractivity contribution in [3.8, 4) is 0 Å². The molecule has 2 aromatic rings. The van der Waals surface area contributed by atoms with E-state index in [-0.39, 0.29) is 17.9 Å². The number of amides is 1. The van der Waals surface area contributed by atoms with Crippen molar-refractivity contribution in [1.29, 1.82) is 0 Å². The number of hydrogen-bond acceptors (Lipinski definition) is 6. The molecule has 1 aromatic heterocycles. The van der Waals surface area contributed by atoms with E-state index in [9.17, 15) is 9.59 Å². The first kappa shape index (κ1) is 17.5. The highest BCUT2D eigenvalue weighted by Crippen LogP contribution is 2.23. The summed E-state index contributed by atoms with van der Waals surface area (Å²) in [7, 11) is 1.32. The van der Waals surface area contributed by atoms with Gasteiger partial charge in [0.25, 0.3) is 0 Å². The molecule has 0 bridgehead atoms. The van der Waals surface area contributed by atoms with Crippen molar-refractivity contribution in [3.63, 3.8) is 0 Å². The van der Waals surface area contributed by atoms with Gasteiger partial charge in [0.2, 0.25) is 11.8 Å². The van der Waals surface area contributed by atoms with Gasteiger partial charge in [-0.2, -0.15) is 0 Å². The van der Waals surface area contributed by atoms with Gasteiger partial charge in [-0.15, -0.1) is 0 Å². The summed E-state index contributed by atoms with van der Waals surface area (Å²) < 4.78 is 9.77. The van der Waals surface area contributed by atoms with Crippen LogP contribution in [0.25, 0.3) is 0 Å². The average molecular weight is 331 g/mol. The zero-order valence-corrected chi connectivity index (χ0v) is 14.2. The standard InChI is InChI=1S/C17H21N3O4/c1-17(2,3)13-9-15(24-20-13)19-14(21)10-18-12-7-5-6-11(8-12)16(22)23-4/h5-9,18H,10H2,1-4H3,(H,19,21). The third-order valence-electron chi connectivity index (χ3n) is 3.28. The second-order valence-corrected chi connectivity index (χ2v) is 6.30. The molecule has 0 aliphatic heterocycles. The van der Waals surface area contributed by atoms with Crippen LogP contribution in [0.3, 0.4) is 0 Å². The molecule has 0 saturated carbocycles. The molecule has 1 amide bonds. The van der Waals surface area contributed by atoms with Crippen molar-refractivity contribution in [2.24, 2.45) is 0 Å². The zero-order valence-electron chi connectivity index (χ0n) is 14.2. The number of carbonyl (C=O) groups excluding carboxylic acids is 2. The SMILES string of the molecule is COC(=O)c1cccc(NCC(=O)Nc2cc(C(C)(C)C)no2)c1. The monoisotopic (exact) mass is 331 g/mol. The first-order chi connectivity index (χ1) is 11.3. The van der Waals surface area contributed by atoms with E-state index in [0.717, 1.165) is 5.69 Å². The second kappa shape index (κ2) is 7.16. The minimum Gasteiger partial charge on any atom is -0.465 e. The number of carbonyl (C=O) groups is 2. The van der Waals surface area contributed by atoms with Crippen LogP contribution < -0.4 is 10.6 Å². The topological polar surface area (TPSA) is 93.5 Å². The van der Waals surface area contributed by atoms with Gasteiger partial charge in [-0.1, -0.05) is 32.0 Å². The zero-order chi connectivity index (χ0) is 17.7. The predicted molar refractivity (Wildman–Crippen MR) is 90.1 cm³/mol. The van der Waals surface area contributed by atoms with Crippen LogP contribution >= 0.6 is 0 Å². The van der Waals surface area contributed by atoms with Crippen LogP contribution in [0.2, 0.25) is 0 Å². The molecule has 0 atom stereocenters. The van der Waals surface area contributed by atoms with Crippen LogP contribution in [0.1, 0.15) is 36.8 Å². The first-order valence-corrected chi connectivity index (χ1v) is 7.49. The van der Waals surface area contributed by atoms with E-state index in [1.165, 1.54) is 7.11 Å². The van der Waals surface area contributed by atoms with Gasteiger partial charge in [0, 0.05) is 17.2 Å². The quantitative estimate of drug-likeness (QED) is 0.818. The normalized spacial score (nSPS) is 11.0. The van der Waals surface area contributed by atoms with Crippen molar-refractivity contribution >= 4 is 23.4 Å². The minimum atomic E-state index is -0.431. The van der Waals surface area contributed by atoms with E-state index in [1.54, 1.807) is 30.3 Å². The molecule has 24 heavy (non-hydrogen) atoms. The molecule has 0 spiro atoms. The van der Waals surface area contributed by atoms with E-state index >= 15 is 0 Å². The molecule has 2 rings (SSSR count). The number of nitrogens with zero attached hydrogens (tertiary/aromatic N) is 1. The Labute approximate surface area is 140 Å². The Kier molecular flexibility index (Phi) is 5.23. The first-order valence-electron chi connectivity index (χ1n) is 7.49. The molecule has 0 aliphatic rings. The Morgan fingerprint density at radius 3 is 2.62 bits per heavy atom. The summed E-state index contributed by atoms with van der Waals surface area (Å²) in [4.78, 5) is 23.4. The number of anilines is 2. The summed E-state index contributed by atoms with van der Waals surface area (Å²) in [6.45, 7) is 6.04. The van der Waals surface area contributed by atoms with Gasteiger partial charge in [-0.05, 0) is 18.2 Å². The summed E-state index contributed by atoms with van der Waals surface area (Å²) in [5.41, 5.74) is 1.66. The van der Waals surface area contributed by atoms with Crippen LogP contribution in [-0.4, -0.2) is 30.7 Å². The van der Waals surface area contributed by atoms with Crippen LogP contribution in [0.4, 0.5) is 11.6 Å². The van der Waals surface area contributed by atoms with Gasteiger partial charge >= 0.3 is 5.97 Å². The molecule has 2 N–H and O–H groups in total. The average Bonchev–Trinajstić information content (AvgIpc) is 3.01. The maximum absolute atomic E-state index is 12.0. The molecule has 1 aromatic carbocycles. The number of hydrogen-bond donors (Lipinski definition) is 2. The Bertz CT molecular complexity index is 731. The molecule has 0 saturated heterocycles. The van der Waals surface area contributed by atoms with Crippen LogP contribution in [0.5, 0.6) is 0 Å². The lowest BCUT2D eigenvalue weighted by Gasteiger charge is -2.12. The fraction of sp³-hybridized carbons (Fsp3) is 0.353. The lowest BCUT2D eigenvalue weighted by atomic mass is 9.92. The molecule has 128 valence electrons. The molecule has 0 aliphatic carbocycles. The number of ether oxygens (including phenoxy) is 1. The molecular formula is C17H21N3O4. The van der Waals surface area contributed by atoms with Gasteiger partial charge in [0.15, 0.2) is 0 Å². The molecule has 0 fully saturated rings. The van der Waals surface area contributed by atoms with E-state index in [0.29, 0.717) is 17.1 Å². The highest BCUT2D eigenvalue weighted by Gasteiger charge is 2.19. The van der Waals surface area contributed by atoms with Crippen LogP contribution in [0, 0.1) is 0 Å². The number of methoxy groups -OCH3 is 1. The van der Waals surface area contributed by atoms with E-state index in [4.69, 9.17) is 4.52 Å². The van der Waals surface area contributed by atoms with Crippen LogP contribution in [0.15, 0.2) is 34.9 Å². The molecular weight excluding hydrogens is 310 g/mol. The highest BCUT2D eigenvalue weighted by atomic mass is 16.5. The smallest absolute Gasteiger partial charge is 0.337 e. The van der Waals surface area contributed by atoms with Crippen molar-refractivity contribution < 1.29 is 18.8 Å². The number of esters is 1. The van der Waals surface area contributed by atoms with E-state index in [1.807, 2.05) is 20.8 Å². The summed E-state index contributed by atoms with van der Waals surface area (Å²) in [5, 5.41) is 9.51. The highest BCUT2D eigenvalue weighted by molar-refractivity contribution is 5.93. The summed E-state index contributed by atoms with van der Waals surface area (Å²) in [6, 6.07) is 8.42. The third-order valence-corrected chi connectivity index (χ3v) is 3.28. The molecule has 7 nitrogen and oxygen atoms in total. The molecule has 0 radical (unpaired) electrons. The largest absolute Gasteiger partial charge is 0.465 e. The molecule has 1 heterocycles. The number of benzene rings is 1. The van der Waals surface area contributed by atoms with Gasteiger partial charge in [0.05, 0.1) is 24.9 Å². The van der Waals surface area contributed by atoms with Gasteiger partial charge in [0.1, 0.15) is 0 Å². The fourth-order valence-electron chi connectivity index (χ4n) is 1.93. The molecule has 0 unspecified atom stereocenters. The Morgan fingerprint density at radius 1 is 1.25 bits per heavy atom. The molecule has 7 heteroatoms. The predicted octanol–water partition coefficient (Wildman–Crippen LogP) is 2.81. The number of nitrogens with one attached hydrogen (secondary N) is 2. The third kappa shape index (κ3) is 4.58. The lowest BCUT2D eigenvalue weighted by Crippen LogP contribution is -2.21. The van der Waals surface area contributed by atoms with Crippen molar-refractivity contribution in [3.05, 3.63) is 41.6 Å². The Balaban J connectivity index is 1.92. The summed E-state index contributed by atoms with van der Waals surface area (Å²) >= 11 is 0. The maximum atomic E-state index is 12.0. The number of aromatic nitrogens is 1. The Hall–Kier alpha value is -2.83. The fourth-order valence-corrected chi connectivity index (χ4v) is 1.93. The Morgan fingerprint density at radius 2 is 2.00 bits per heavy atom. The number of rotatable bonds is 5. The van der Waals surface area contributed by atoms with Crippen molar-refractivity contribution in [2.45, 2.75) is 26.2 Å². The van der Waals surface area contributed by atoms with E-state index < -0.39 is 5.97 Å². The second-order valence-electron chi connectivity index (χ2n) is 6.30. The van der Waals surface area contributed by atoms with Crippen LogP contribution in [-0.2, 0) is 14.9 Å². The lowest BCUT2D eigenvalue weighted by molar-refractivity contribution is -0.114.